The van der Waals surface area contributed by atoms with Gasteiger partial charge in [-0.25, -0.2) is 4.79 Å². The number of halogens is 1. The van der Waals surface area contributed by atoms with Crippen molar-refractivity contribution in [3.8, 4) is 28.4 Å². The third-order valence-corrected chi connectivity index (χ3v) is 7.26. The summed E-state index contributed by atoms with van der Waals surface area (Å²) < 4.78 is 16.4. The van der Waals surface area contributed by atoms with Crippen LogP contribution in [0.1, 0.15) is 76.1 Å². The number of ether oxygens (including phenoxy) is 3. The van der Waals surface area contributed by atoms with Crippen molar-refractivity contribution in [3.05, 3.63) is 78.4 Å². The number of alkyl halides is 1. The van der Waals surface area contributed by atoms with Crippen LogP contribution in [-0.2, 0) is 9.59 Å². The average molecular weight is 565 g/mol. The molecule has 3 rings (SSSR count). The highest BCUT2D eigenvalue weighted by molar-refractivity contribution is 6.30. The van der Waals surface area contributed by atoms with E-state index in [0.29, 0.717) is 17.9 Å². The monoisotopic (exact) mass is 564 g/mol. The van der Waals surface area contributed by atoms with E-state index in [9.17, 15) is 14.4 Å². The molecule has 212 valence electrons. The summed E-state index contributed by atoms with van der Waals surface area (Å²) in [6.07, 6.45) is 6.54. The summed E-state index contributed by atoms with van der Waals surface area (Å²) in [5.41, 5.74) is 1.95. The Kier molecular flexibility index (Phi) is 12.2. The fraction of sp³-hybridized carbons (Fsp3) is 0.364. The fourth-order valence-electron chi connectivity index (χ4n) is 3.98. The number of carbonyl (C=O) groups is 3. The highest BCUT2D eigenvalue weighted by atomic mass is 35.5. The van der Waals surface area contributed by atoms with Crippen molar-refractivity contribution in [1.29, 1.82) is 0 Å². The van der Waals surface area contributed by atoms with E-state index < -0.39 is 17.3 Å². The summed E-state index contributed by atoms with van der Waals surface area (Å²) >= 11 is 6.21. The van der Waals surface area contributed by atoms with Gasteiger partial charge in [0.1, 0.15) is 28.2 Å². The van der Waals surface area contributed by atoms with Gasteiger partial charge in [0.25, 0.3) is 0 Å². The van der Waals surface area contributed by atoms with Gasteiger partial charge < -0.3 is 14.2 Å². The Balaban J connectivity index is 1.57. The number of hydrogen-bond donors (Lipinski definition) is 0. The third kappa shape index (κ3) is 9.23. The lowest BCUT2D eigenvalue weighted by atomic mass is 10.1. The first-order valence-electron chi connectivity index (χ1n) is 13.9. The van der Waals surface area contributed by atoms with E-state index in [1.165, 1.54) is 25.0 Å². The second-order valence-electron chi connectivity index (χ2n) is 9.78. The Morgan fingerprint density at radius 3 is 1.90 bits per heavy atom. The highest BCUT2D eigenvalue weighted by Gasteiger charge is 2.25. The van der Waals surface area contributed by atoms with Crippen LogP contribution in [0.3, 0.4) is 0 Å². The van der Waals surface area contributed by atoms with Gasteiger partial charge in [-0.3, -0.25) is 9.59 Å². The van der Waals surface area contributed by atoms with Crippen LogP contribution in [0.2, 0.25) is 0 Å². The van der Waals surface area contributed by atoms with Gasteiger partial charge in [-0.1, -0.05) is 89.3 Å². The number of rotatable bonds is 14. The average Bonchev–Trinajstić information content (AvgIpc) is 2.97. The summed E-state index contributed by atoms with van der Waals surface area (Å²) in [7, 11) is 0. The first-order valence-corrected chi connectivity index (χ1v) is 14.3. The molecule has 0 N–H and O–H groups in total. The molecule has 7 heteroatoms. The normalized spacial score (nSPS) is 12.3. The first-order chi connectivity index (χ1) is 19.3. The van der Waals surface area contributed by atoms with E-state index >= 15 is 0 Å². The molecule has 0 amide bonds. The van der Waals surface area contributed by atoms with Crippen LogP contribution in [0.15, 0.2) is 72.8 Å². The quantitative estimate of drug-likeness (QED) is 0.0846. The summed E-state index contributed by atoms with van der Waals surface area (Å²) in [4.78, 5) is 37.4. The molecule has 0 heterocycles. The van der Waals surface area contributed by atoms with E-state index in [1.54, 1.807) is 36.4 Å². The number of benzene rings is 3. The lowest BCUT2D eigenvalue weighted by molar-refractivity contribution is -0.135. The molecule has 0 unspecified atom stereocenters. The highest BCUT2D eigenvalue weighted by Crippen LogP contribution is 2.27. The van der Waals surface area contributed by atoms with Crippen LogP contribution in [0, 0.1) is 5.92 Å². The van der Waals surface area contributed by atoms with Gasteiger partial charge in [-0.05, 0) is 59.9 Å². The molecule has 0 spiro atoms. The van der Waals surface area contributed by atoms with E-state index in [-0.39, 0.29) is 23.2 Å². The van der Waals surface area contributed by atoms with Crippen molar-refractivity contribution in [2.45, 2.75) is 71.1 Å². The van der Waals surface area contributed by atoms with Gasteiger partial charge in [0.05, 0.1) is 0 Å². The smallest absolute Gasteiger partial charge is 0.347 e. The van der Waals surface area contributed by atoms with Crippen LogP contribution >= 0.6 is 11.6 Å². The number of esters is 3. The zero-order valence-corrected chi connectivity index (χ0v) is 24.1. The molecule has 0 saturated heterocycles. The molecule has 0 saturated carbocycles. The lowest BCUT2D eigenvalue weighted by Crippen LogP contribution is -2.27. The molecule has 3 aromatic rings. The summed E-state index contributed by atoms with van der Waals surface area (Å²) in [6.45, 7) is 5.97. The van der Waals surface area contributed by atoms with Crippen molar-refractivity contribution < 1.29 is 28.6 Å². The summed E-state index contributed by atoms with van der Waals surface area (Å²) in [5.74, 6) is -0.592. The summed E-state index contributed by atoms with van der Waals surface area (Å²) in [5, 5.41) is -0.817. The van der Waals surface area contributed by atoms with E-state index in [1.807, 2.05) is 38.1 Å². The Labute approximate surface area is 241 Å². The maximum absolute atomic E-state index is 12.9. The molecule has 2 atom stereocenters. The Bertz CT molecular complexity index is 1250. The Morgan fingerprint density at radius 1 is 0.725 bits per heavy atom. The largest absolute Gasteiger partial charge is 0.427 e. The molecule has 6 nitrogen and oxygen atoms in total. The molecule has 0 fully saturated rings. The maximum atomic E-state index is 12.9. The number of carbonyl (C=O) groups excluding carboxylic acids is 3. The molecule has 40 heavy (non-hydrogen) atoms. The van der Waals surface area contributed by atoms with Crippen LogP contribution in [-0.4, -0.2) is 23.3 Å². The Hall–Kier alpha value is -3.64. The van der Waals surface area contributed by atoms with E-state index in [0.717, 1.165) is 36.8 Å². The molecule has 0 aliphatic rings. The van der Waals surface area contributed by atoms with Crippen LogP contribution in [0.4, 0.5) is 0 Å². The molecule has 3 aromatic carbocycles. The van der Waals surface area contributed by atoms with Crippen molar-refractivity contribution in [2.24, 2.45) is 5.92 Å². The number of unbranched alkanes of at least 4 members (excludes halogenated alkanes) is 4. The lowest BCUT2D eigenvalue weighted by Gasteiger charge is -2.16. The second kappa shape index (κ2) is 15.8. The molecule has 0 aliphatic carbocycles. The van der Waals surface area contributed by atoms with Gasteiger partial charge in [0, 0.05) is 6.42 Å². The van der Waals surface area contributed by atoms with Gasteiger partial charge in [-0.15, -0.1) is 11.6 Å². The third-order valence-electron chi connectivity index (χ3n) is 6.65. The van der Waals surface area contributed by atoms with E-state index in [2.05, 4.69) is 6.92 Å². The van der Waals surface area contributed by atoms with Gasteiger partial charge >= 0.3 is 17.9 Å². The van der Waals surface area contributed by atoms with Crippen molar-refractivity contribution in [3.63, 3.8) is 0 Å². The van der Waals surface area contributed by atoms with Gasteiger partial charge in [0.15, 0.2) is 0 Å². The molecule has 0 radical (unpaired) electrons. The molecular formula is C33H37ClO6. The van der Waals surface area contributed by atoms with Crippen molar-refractivity contribution in [1.82, 2.24) is 0 Å². The zero-order chi connectivity index (χ0) is 28.9. The van der Waals surface area contributed by atoms with Gasteiger partial charge in [-0.2, -0.15) is 0 Å². The van der Waals surface area contributed by atoms with E-state index in [4.69, 9.17) is 25.8 Å². The van der Waals surface area contributed by atoms with Crippen LogP contribution < -0.4 is 14.2 Å². The zero-order valence-electron chi connectivity index (χ0n) is 23.4. The minimum atomic E-state index is -0.817. The maximum Gasteiger partial charge on any atom is 0.347 e. The van der Waals surface area contributed by atoms with Crippen LogP contribution in [0.25, 0.3) is 11.1 Å². The van der Waals surface area contributed by atoms with Gasteiger partial charge in [0.2, 0.25) is 0 Å². The fourth-order valence-corrected chi connectivity index (χ4v) is 4.20. The minimum absolute atomic E-state index is 0.0666. The predicted octanol–water partition coefficient (Wildman–Crippen LogP) is 8.40. The van der Waals surface area contributed by atoms with Crippen molar-refractivity contribution >= 4 is 29.5 Å². The Morgan fingerprint density at radius 2 is 1.30 bits per heavy atom. The standard InChI is InChI=1S/C33H37ClO6/c1-4-6-7-8-9-14-30(35)38-26-19-15-24(16-20-26)25-17-21-27(22-18-25)39-32(36)28-12-10-11-13-29(28)40-33(37)31(34)23(3)5-2/h10-13,15-23,31H,4-9,14H2,1-3H3/t23-,31-/m0/s1. The topological polar surface area (TPSA) is 78.9 Å². The minimum Gasteiger partial charge on any atom is -0.427 e. The second-order valence-corrected chi connectivity index (χ2v) is 10.3. The van der Waals surface area contributed by atoms with Crippen LogP contribution in [0.5, 0.6) is 17.2 Å². The molecule has 0 aliphatic heterocycles. The number of para-hydroxylation sites is 1. The molecule has 0 aromatic heterocycles. The summed E-state index contributed by atoms with van der Waals surface area (Å²) in [6, 6.07) is 20.7. The predicted molar refractivity (Wildman–Crippen MR) is 157 cm³/mol. The SMILES string of the molecule is CCCCCCCC(=O)Oc1ccc(-c2ccc(OC(=O)c3ccccc3OC(=O)[C@@H](Cl)[C@@H](C)CC)cc2)cc1. The number of hydrogen-bond acceptors (Lipinski definition) is 6. The first kappa shape index (κ1) is 30.9. The molecule has 0 bridgehead atoms. The van der Waals surface area contributed by atoms with Crippen molar-refractivity contribution in [2.75, 3.05) is 0 Å². The molecular weight excluding hydrogens is 528 g/mol.